The van der Waals surface area contributed by atoms with Crippen LogP contribution in [-0.4, -0.2) is 9.97 Å². The Morgan fingerprint density at radius 1 is 0.591 bits per heavy atom. The van der Waals surface area contributed by atoms with Crippen molar-refractivity contribution in [3.8, 4) is 22.4 Å². The maximum absolute atomic E-state index is 4.43. The summed E-state index contributed by atoms with van der Waals surface area (Å²) >= 11 is 0. The first-order valence-corrected chi connectivity index (χ1v) is 7.21. The predicted octanol–water partition coefficient (Wildman–Crippen LogP) is 4.76. The van der Waals surface area contributed by atoms with Crippen LogP contribution in [-0.2, 0) is 0 Å². The number of hydrogen-bond acceptors (Lipinski definition) is 2. The number of nitrogens with zero attached hydrogens (tertiary/aromatic N) is 2. The number of fused-ring (bicyclic) bond motifs is 1. The van der Waals surface area contributed by atoms with Crippen molar-refractivity contribution in [3.05, 3.63) is 85.2 Å². The number of para-hydroxylation sites is 1. The Bertz CT molecular complexity index is 925. The molecule has 0 unspecified atom stereocenters. The van der Waals surface area contributed by atoms with E-state index in [1.807, 2.05) is 30.3 Å². The Morgan fingerprint density at radius 3 is 2.14 bits per heavy atom. The minimum atomic E-state index is 0.912. The average molecular weight is 281 g/mol. The van der Waals surface area contributed by atoms with Crippen LogP contribution in [0.15, 0.2) is 78.9 Å². The third-order valence-electron chi connectivity index (χ3n) is 3.76. The Hall–Kier alpha value is -3.00. The van der Waals surface area contributed by atoms with Gasteiger partial charge >= 0.3 is 0 Å². The van der Waals surface area contributed by atoms with Crippen LogP contribution in [0.2, 0.25) is 0 Å². The maximum atomic E-state index is 4.43. The lowest BCUT2D eigenvalue weighted by atomic mass is 9.96. The molecule has 0 amide bonds. The lowest BCUT2D eigenvalue weighted by molar-refractivity contribution is 1.20. The summed E-state index contributed by atoms with van der Waals surface area (Å²) in [6.45, 7) is 0. The SMILES string of the molecule is [c]1nc(-c2ccccc2-c2ccccc2)c2ccccc2n1. The van der Waals surface area contributed by atoms with Gasteiger partial charge in [0.05, 0.1) is 11.2 Å². The minimum absolute atomic E-state index is 0.912. The molecule has 0 aliphatic carbocycles. The summed E-state index contributed by atoms with van der Waals surface area (Å²) in [5.41, 5.74) is 5.28. The molecule has 0 fully saturated rings. The van der Waals surface area contributed by atoms with E-state index in [2.05, 4.69) is 64.8 Å². The summed E-state index contributed by atoms with van der Waals surface area (Å²) in [5, 5.41) is 1.05. The summed E-state index contributed by atoms with van der Waals surface area (Å²) in [4.78, 5) is 8.66. The molecule has 0 atom stereocenters. The monoisotopic (exact) mass is 281 g/mol. The normalized spacial score (nSPS) is 10.7. The minimum Gasteiger partial charge on any atom is -0.225 e. The van der Waals surface area contributed by atoms with Gasteiger partial charge < -0.3 is 0 Å². The third kappa shape index (κ3) is 2.15. The highest BCUT2D eigenvalue weighted by atomic mass is 14.8. The highest BCUT2D eigenvalue weighted by molar-refractivity contribution is 5.96. The fourth-order valence-electron chi connectivity index (χ4n) is 2.72. The standard InChI is InChI=1S/C20H13N2/c1-2-8-15(9-3-1)16-10-4-5-11-17(16)20-18-12-6-7-13-19(18)21-14-22-20/h1-13H. The zero-order chi connectivity index (χ0) is 14.8. The fourth-order valence-corrected chi connectivity index (χ4v) is 2.72. The van der Waals surface area contributed by atoms with Gasteiger partial charge in [-0.2, -0.15) is 0 Å². The number of aromatic nitrogens is 2. The van der Waals surface area contributed by atoms with Gasteiger partial charge in [-0.3, -0.25) is 0 Å². The molecule has 0 bridgehead atoms. The lowest BCUT2D eigenvalue weighted by Gasteiger charge is -2.11. The summed E-state index contributed by atoms with van der Waals surface area (Å²) in [6, 6.07) is 26.7. The molecule has 1 aromatic heterocycles. The molecule has 0 N–H and O–H groups in total. The van der Waals surface area contributed by atoms with Gasteiger partial charge in [-0.1, -0.05) is 72.8 Å². The molecule has 1 heterocycles. The molecule has 0 saturated carbocycles. The first-order chi connectivity index (χ1) is 10.9. The van der Waals surface area contributed by atoms with Crippen molar-refractivity contribution in [1.82, 2.24) is 9.97 Å². The van der Waals surface area contributed by atoms with E-state index >= 15 is 0 Å². The molecule has 0 saturated heterocycles. The van der Waals surface area contributed by atoms with Gasteiger partial charge in [-0.25, -0.2) is 9.97 Å². The van der Waals surface area contributed by atoms with Crippen molar-refractivity contribution < 1.29 is 0 Å². The van der Waals surface area contributed by atoms with Crippen LogP contribution >= 0.6 is 0 Å². The average Bonchev–Trinajstić information content (AvgIpc) is 2.62. The van der Waals surface area contributed by atoms with Gasteiger partial charge in [0.15, 0.2) is 6.33 Å². The zero-order valence-corrected chi connectivity index (χ0v) is 11.9. The van der Waals surface area contributed by atoms with Gasteiger partial charge in [-0.05, 0) is 17.2 Å². The molecule has 103 valence electrons. The predicted molar refractivity (Wildman–Crippen MR) is 89.2 cm³/mol. The smallest absolute Gasteiger partial charge is 0.198 e. The molecule has 3 aromatic carbocycles. The summed E-state index contributed by atoms with van der Waals surface area (Å²) in [6.07, 6.45) is 2.78. The Morgan fingerprint density at radius 2 is 1.27 bits per heavy atom. The van der Waals surface area contributed by atoms with Crippen molar-refractivity contribution in [1.29, 1.82) is 0 Å². The van der Waals surface area contributed by atoms with Gasteiger partial charge in [0.1, 0.15) is 0 Å². The molecule has 2 heteroatoms. The Labute approximate surface area is 129 Å². The summed E-state index contributed by atoms with van der Waals surface area (Å²) in [7, 11) is 0. The van der Waals surface area contributed by atoms with E-state index in [1.54, 1.807) is 0 Å². The molecule has 0 aliphatic rings. The Balaban J connectivity index is 2.01. The summed E-state index contributed by atoms with van der Waals surface area (Å²) < 4.78 is 0. The van der Waals surface area contributed by atoms with E-state index in [-0.39, 0.29) is 0 Å². The maximum Gasteiger partial charge on any atom is 0.198 e. The lowest BCUT2D eigenvalue weighted by Crippen LogP contribution is -1.91. The second-order valence-electron chi connectivity index (χ2n) is 5.10. The largest absolute Gasteiger partial charge is 0.225 e. The highest BCUT2D eigenvalue weighted by Gasteiger charge is 2.11. The molecule has 4 rings (SSSR count). The second-order valence-corrected chi connectivity index (χ2v) is 5.10. The van der Waals surface area contributed by atoms with Gasteiger partial charge in [0, 0.05) is 10.9 Å². The number of benzene rings is 3. The Kier molecular flexibility index (Phi) is 3.13. The van der Waals surface area contributed by atoms with Gasteiger partial charge in [0.2, 0.25) is 0 Å². The van der Waals surface area contributed by atoms with Crippen molar-refractivity contribution in [2.24, 2.45) is 0 Å². The van der Waals surface area contributed by atoms with E-state index in [9.17, 15) is 0 Å². The quantitative estimate of drug-likeness (QED) is 0.529. The van der Waals surface area contributed by atoms with Crippen molar-refractivity contribution in [2.45, 2.75) is 0 Å². The molecule has 0 aliphatic heterocycles. The molecule has 0 spiro atoms. The molecular weight excluding hydrogens is 268 g/mol. The van der Waals surface area contributed by atoms with Gasteiger partial charge in [-0.15, -0.1) is 0 Å². The van der Waals surface area contributed by atoms with Crippen LogP contribution < -0.4 is 0 Å². The van der Waals surface area contributed by atoms with Crippen LogP contribution in [0.25, 0.3) is 33.3 Å². The van der Waals surface area contributed by atoms with E-state index in [0.717, 1.165) is 22.2 Å². The zero-order valence-electron chi connectivity index (χ0n) is 11.9. The first-order valence-electron chi connectivity index (χ1n) is 7.21. The van der Waals surface area contributed by atoms with Gasteiger partial charge in [0.25, 0.3) is 0 Å². The van der Waals surface area contributed by atoms with Crippen LogP contribution in [0.4, 0.5) is 0 Å². The molecule has 1 radical (unpaired) electrons. The molecular formula is C20H13N2. The molecule has 2 nitrogen and oxygen atoms in total. The fraction of sp³-hybridized carbons (Fsp3) is 0. The second kappa shape index (κ2) is 5.41. The summed E-state index contributed by atoms with van der Waals surface area (Å²) in [5.74, 6) is 0. The highest BCUT2D eigenvalue weighted by Crippen LogP contribution is 2.33. The van der Waals surface area contributed by atoms with Crippen LogP contribution in [0, 0.1) is 6.33 Å². The first kappa shape index (κ1) is 12.7. The van der Waals surface area contributed by atoms with Crippen LogP contribution in [0.3, 0.4) is 0 Å². The molecule has 4 aromatic rings. The van der Waals surface area contributed by atoms with E-state index < -0.39 is 0 Å². The number of rotatable bonds is 2. The third-order valence-corrected chi connectivity index (χ3v) is 3.76. The van der Waals surface area contributed by atoms with Crippen LogP contribution in [0.5, 0.6) is 0 Å². The van der Waals surface area contributed by atoms with E-state index in [0.29, 0.717) is 0 Å². The molecule has 22 heavy (non-hydrogen) atoms. The van der Waals surface area contributed by atoms with Crippen LogP contribution in [0.1, 0.15) is 0 Å². The number of hydrogen-bond donors (Lipinski definition) is 0. The van der Waals surface area contributed by atoms with Crippen molar-refractivity contribution >= 4 is 10.9 Å². The van der Waals surface area contributed by atoms with Crippen molar-refractivity contribution in [3.63, 3.8) is 0 Å². The van der Waals surface area contributed by atoms with Crippen molar-refractivity contribution in [2.75, 3.05) is 0 Å². The van der Waals surface area contributed by atoms with E-state index in [4.69, 9.17) is 0 Å². The van der Waals surface area contributed by atoms with E-state index in [1.165, 1.54) is 11.1 Å². The topological polar surface area (TPSA) is 25.8 Å².